The first kappa shape index (κ1) is 13.1. The smallest absolute Gasteiger partial charge is 0.233 e. The Kier molecular flexibility index (Phi) is 3.47. The third kappa shape index (κ3) is 2.43. The number of nitrogens with one attached hydrogen (secondary N) is 1. The molecule has 6 nitrogen and oxygen atoms in total. The average molecular weight is 255 g/mol. The summed E-state index contributed by atoms with van der Waals surface area (Å²) in [6.45, 7) is 4.27. The van der Waals surface area contributed by atoms with Gasteiger partial charge in [-0.1, -0.05) is 12.1 Å². The van der Waals surface area contributed by atoms with Gasteiger partial charge in [0.05, 0.1) is 0 Å². The van der Waals surface area contributed by atoms with Gasteiger partial charge in [-0.3, -0.25) is 4.79 Å². The second kappa shape index (κ2) is 4.76. The fraction of sp³-hybridized carbons (Fsp3) is 0.833. The molecule has 2 aliphatic rings. The highest BCUT2D eigenvalue weighted by molar-refractivity contribution is 6.09. The highest BCUT2D eigenvalue weighted by atomic mass is 16.5. The molecule has 1 aliphatic heterocycles. The molecule has 1 amide bonds. The molecular formula is C12H21N3O3. The van der Waals surface area contributed by atoms with E-state index < -0.39 is 5.41 Å². The van der Waals surface area contributed by atoms with Crippen molar-refractivity contribution in [2.24, 2.45) is 21.7 Å². The number of hydrogen-bond acceptors (Lipinski definition) is 4. The lowest BCUT2D eigenvalue weighted by molar-refractivity contribution is -0.125. The molecule has 4 N–H and O–H groups in total. The maximum absolute atomic E-state index is 12.1. The summed E-state index contributed by atoms with van der Waals surface area (Å²) >= 11 is 0. The Morgan fingerprint density at radius 1 is 1.39 bits per heavy atom. The second-order valence-electron chi connectivity index (χ2n) is 5.67. The molecule has 1 aliphatic carbocycles. The molecule has 1 heterocycles. The first-order valence-corrected chi connectivity index (χ1v) is 6.37. The number of amides is 1. The van der Waals surface area contributed by atoms with E-state index in [2.05, 4.69) is 17.4 Å². The Balaban J connectivity index is 1.89. The number of amidine groups is 1. The molecule has 0 bridgehead atoms. The maximum atomic E-state index is 12.1. The second-order valence-corrected chi connectivity index (χ2v) is 5.67. The van der Waals surface area contributed by atoms with Crippen LogP contribution in [0.4, 0.5) is 0 Å². The largest absolute Gasteiger partial charge is 0.409 e. The molecule has 1 saturated heterocycles. The summed E-state index contributed by atoms with van der Waals surface area (Å²) in [5, 5.41) is 14.6. The monoisotopic (exact) mass is 255 g/mol. The first-order valence-electron chi connectivity index (χ1n) is 6.37. The molecule has 18 heavy (non-hydrogen) atoms. The van der Waals surface area contributed by atoms with Gasteiger partial charge in [0, 0.05) is 19.8 Å². The van der Waals surface area contributed by atoms with E-state index in [1.54, 1.807) is 0 Å². The van der Waals surface area contributed by atoms with E-state index in [0.717, 1.165) is 26.1 Å². The lowest BCUT2D eigenvalue weighted by atomic mass is 9.82. The SMILES string of the molecule is CC1(CNC(=O)C2(C(N)=NO)CC2)CCOCC1. The summed E-state index contributed by atoms with van der Waals surface area (Å²) in [7, 11) is 0. The Bertz CT molecular complexity index is 358. The summed E-state index contributed by atoms with van der Waals surface area (Å²) in [4.78, 5) is 12.1. The number of carbonyl (C=O) groups excluding carboxylic acids is 1. The van der Waals surface area contributed by atoms with Crippen LogP contribution in [-0.2, 0) is 9.53 Å². The lowest BCUT2D eigenvalue weighted by Crippen LogP contribution is -2.45. The van der Waals surface area contributed by atoms with Gasteiger partial charge < -0.3 is 21.0 Å². The van der Waals surface area contributed by atoms with E-state index in [0.29, 0.717) is 19.4 Å². The minimum Gasteiger partial charge on any atom is -0.409 e. The zero-order valence-electron chi connectivity index (χ0n) is 10.7. The van der Waals surface area contributed by atoms with Crippen LogP contribution in [0.25, 0.3) is 0 Å². The van der Waals surface area contributed by atoms with Gasteiger partial charge in [0.15, 0.2) is 5.84 Å². The molecule has 102 valence electrons. The topological polar surface area (TPSA) is 96.9 Å². The number of rotatable bonds is 4. The molecule has 1 saturated carbocycles. The zero-order chi connectivity index (χ0) is 13.2. The van der Waals surface area contributed by atoms with Crippen LogP contribution < -0.4 is 11.1 Å². The Labute approximate surface area is 107 Å². The average Bonchev–Trinajstić information content (AvgIpc) is 3.17. The van der Waals surface area contributed by atoms with Gasteiger partial charge in [0.2, 0.25) is 5.91 Å². The van der Waals surface area contributed by atoms with E-state index in [-0.39, 0.29) is 17.2 Å². The molecule has 0 radical (unpaired) electrons. The summed E-state index contributed by atoms with van der Waals surface area (Å²) in [6, 6.07) is 0. The van der Waals surface area contributed by atoms with E-state index in [9.17, 15) is 4.79 Å². The molecule has 0 unspecified atom stereocenters. The predicted molar refractivity (Wildman–Crippen MR) is 66.2 cm³/mol. The van der Waals surface area contributed by atoms with Crippen LogP contribution in [-0.4, -0.2) is 36.7 Å². The number of hydrogen-bond donors (Lipinski definition) is 3. The van der Waals surface area contributed by atoms with Crippen LogP contribution in [0.3, 0.4) is 0 Å². The fourth-order valence-electron chi connectivity index (χ4n) is 2.32. The minimum atomic E-state index is -0.754. The summed E-state index contributed by atoms with van der Waals surface area (Å²) < 4.78 is 5.32. The van der Waals surface area contributed by atoms with Crippen molar-refractivity contribution in [2.75, 3.05) is 19.8 Å². The lowest BCUT2D eigenvalue weighted by Gasteiger charge is -2.34. The third-order valence-corrected chi connectivity index (χ3v) is 4.16. The number of ether oxygens (including phenoxy) is 1. The van der Waals surface area contributed by atoms with Crippen molar-refractivity contribution < 1.29 is 14.7 Å². The summed E-state index contributed by atoms with van der Waals surface area (Å²) in [6.07, 6.45) is 3.22. The van der Waals surface area contributed by atoms with Crippen LogP contribution in [0.15, 0.2) is 5.16 Å². The molecule has 0 spiro atoms. The van der Waals surface area contributed by atoms with Gasteiger partial charge in [-0.2, -0.15) is 0 Å². The molecule has 0 atom stereocenters. The van der Waals surface area contributed by atoms with Crippen LogP contribution >= 0.6 is 0 Å². The molecular weight excluding hydrogens is 234 g/mol. The quantitative estimate of drug-likeness (QED) is 0.294. The highest BCUT2D eigenvalue weighted by Crippen LogP contribution is 2.46. The zero-order valence-corrected chi connectivity index (χ0v) is 10.7. The number of oxime groups is 1. The van der Waals surface area contributed by atoms with Crippen LogP contribution in [0.2, 0.25) is 0 Å². The van der Waals surface area contributed by atoms with Crippen molar-refractivity contribution in [3.8, 4) is 0 Å². The van der Waals surface area contributed by atoms with Crippen LogP contribution in [0.5, 0.6) is 0 Å². The van der Waals surface area contributed by atoms with Crippen LogP contribution in [0, 0.1) is 10.8 Å². The normalized spacial score (nSPS) is 25.5. The Morgan fingerprint density at radius 3 is 2.50 bits per heavy atom. The molecule has 6 heteroatoms. The van der Waals surface area contributed by atoms with Crippen molar-refractivity contribution in [3.63, 3.8) is 0 Å². The third-order valence-electron chi connectivity index (χ3n) is 4.16. The van der Waals surface area contributed by atoms with Gasteiger partial charge in [-0.15, -0.1) is 0 Å². The van der Waals surface area contributed by atoms with Gasteiger partial charge >= 0.3 is 0 Å². The van der Waals surface area contributed by atoms with Gasteiger partial charge in [-0.25, -0.2) is 0 Å². The maximum Gasteiger partial charge on any atom is 0.233 e. The number of carbonyl (C=O) groups is 1. The molecule has 2 fully saturated rings. The van der Waals surface area contributed by atoms with E-state index >= 15 is 0 Å². The molecule has 2 rings (SSSR count). The minimum absolute atomic E-state index is 0.0251. The predicted octanol–water partition coefficient (Wildman–Crippen LogP) is 0.446. The van der Waals surface area contributed by atoms with Crippen molar-refractivity contribution in [1.82, 2.24) is 5.32 Å². The van der Waals surface area contributed by atoms with Crippen LogP contribution in [0.1, 0.15) is 32.6 Å². The van der Waals surface area contributed by atoms with Gasteiger partial charge in [-0.05, 0) is 31.1 Å². The Hall–Kier alpha value is -1.30. The number of nitrogens with zero attached hydrogens (tertiary/aromatic N) is 1. The fourth-order valence-corrected chi connectivity index (χ4v) is 2.32. The first-order chi connectivity index (χ1) is 8.52. The Morgan fingerprint density at radius 2 is 2.00 bits per heavy atom. The molecule has 0 aromatic rings. The molecule has 0 aromatic carbocycles. The van der Waals surface area contributed by atoms with Crippen molar-refractivity contribution >= 4 is 11.7 Å². The van der Waals surface area contributed by atoms with Gasteiger partial charge in [0.1, 0.15) is 5.41 Å². The standard InChI is InChI=1S/C12H21N3O3/c1-11(4-6-18-7-5-11)8-14-10(16)12(2-3-12)9(13)15-17/h17H,2-8H2,1H3,(H2,13,15)(H,14,16). The molecule has 0 aromatic heterocycles. The summed E-state index contributed by atoms with van der Waals surface area (Å²) in [5.74, 6) is -0.0948. The van der Waals surface area contributed by atoms with Gasteiger partial charge in [0.25, 0.3) is 0 Å². The van der Waals surface area contributed by atoms with Crippen molar-refractivity contribution in [2.45, 2.75) is 32.6 Å². The van der Waals surface area contributed by atoms with E-state index in [1.807, 2.05) is 0 Å². The van der Waals surface area contributed by atoms with Crippen molar-refractivity contribution in [3.05, 3.63) is 0 Å². The number of nitrogens with two attached hydrogens (primary N) is 1. The van der Waals surface area contributed by atoms with Crippen molar-refractivity contribution in [1.29, 1.82) is 0 Å². The van der Waals surface area contributed by atoms with E-state index in [1.165, 1.54) is 0 Å². The van der Waals surface area contributed by atoms with E-state index in [4.69, 9.17) is 15.7 Å². The highest BCUT2D eigenvalue weighted by Gasteiger charge is 2.54. The summed E-state index contributed by atoms with van der Waals surface area (Å²) in [5.41, 5.74) is 4.91.